The molecule has 128 valence electrons. The smallest absolute Gasteiger partial charge is 0.274 e. The summed E-state index contributed by atoms with van der Waals surface area (Å²) in [6.45, 7) is 4.12. The van der Waals surface area contributed by atoms with Gasteiger partial charge in [0.1, 0.15) is 11.8 Å². The Morgan fingerprint density at radius 2 is 1.92 bits per heavy atom. The molecule has 0 atom stereocenters. The molecule has 0 N–H and O–H groups in total. The summed E-state index contributed by atoms with van der Waals surface area (Å²) in [5.41, 5.74) is 0.515. The normalized spacial score (nSPS) is 15.3. The maximum absolute atomic E-state index is 12.5. The van der Waals surface area contributed by atoms with E-state index in [2.05, 4.69) is 5.10 Å². The number of methoxy groups -OCH3 is 1. The van der Waals surface area contributed by atoms with Crippen molar-refractivity contribution < 1.29 is 14.3 Å². The lowest BCUT2D eigenvalue weighted by molar-refractivity contribution is 0.0584. The molecule has 0 radical (unpaired) electrons. The molecule has 1 amide bonds. The molecule has 6 nitrogen and oxygen atoms in total. The Balaban J connectivity index is 1.56. The van der Waals surface area contributed by atoms with Crippen LogP contribution in [0, 0.1) is 0 Å². The number of aromatic nitrogens is 2. The van der Waals surface area contributed by atoms with E-state index in [0.717, 1.165) is 30.9 Å². The van der Waals surface area contributed by atoms with E-state index < -0.39 is 0 Å². The van der Waals surface area contributed by atoms with Gasteiger partial charge >= 0.3 is 0 Å². The van der Waals surface area contributed by atoms with E-state index in [-0.39, 0.29) is 12.0 Å². The van der Waals surface area contributed by atoms with Gasteiger partial charge in [-0.3, -0.25) is 9.48 Å². The maximum Gasteiger partial charge on any atom is 0.274 e. The molecule has 1 aliphatic heterocycles. The number of ether oxygens (including phenoxy) is 2. The van der Waals surface area contributed by atoms with Crippen molar-refractivity contribution in [1.82, 2.24) is 14.7 Å². The Kier molecular flexibility index (Phi) is 5.03. The average Bonchev–Trinajstić information content (AvgIpc) is 3.11. The lowest BCUT2D eigenvalue weighted by Crippen LogP contribution is -2.42. The van der Waals surface area contributed by atoms with Crippen molar-refractivity contribution in [2.75, 3.05) is 20.2 Å². The van der Waals surface area contributed by atoms with Gasteiger partial charge in [-0.2, -0.15) is 5.10 Å². The summed E-state index contributed by atoms with van der Waals surface area (Å²) >= 11 is 0. The van der Waals surface area contributed by atoms with E-state index in [9.17, 15) is 4.79 Å². The summed E-state index contributed by atoms with van der Waals surface area (Å²) < 4.78 is 13.1. The van der Waals surface area contributed by atoms with Gasteiger partial charge < -0.3 is 14.4 Å². The van der Waals surface area contributed by atoms with Crippen LogP contribution in [0.4, 0.5) is 0 Å². The molecule has 2 aromatic rings. The number of piperidine rings is 1. The van der Waals surface area contributed by atoms with Gasteiger partial charge in [0.15, 0.2) is 11.5 Å². The minimum absolute atomic E-state index is 0.00191. The molecule has 0 bridgehead atoms. The third-order valence-corrected chi connectivity index (χ3v) is 4.28. The van der Waals surface area contributed by atoms with Gasteiger partial charge in [0.05, 0.1) is 7.11 Å². The number of carbonyl (C=O) groups is 1. The Morgan fingerprint density at radius 3 is 2.54 bits per heavy atom. The van der Waals surface area contributed by atoms with Crippen molar-refractivity contribution >= 4 is 5.91 Å². The van der Waals surface area contributed by atoms with Crippen LogP contribution < -0.4 is 9.47 Å². The highest BCUT2D eigenvalue weighted by Gasteiger charge is 2.26. The molecular weight excluding hydrogens is 306 g/mol. The topological polar surface area (TPSA) is 56.6 Å². The van der Waals surface area contributed by atoms with Gasteiger partial charge in [0.2, 0.25) is 0 Å². The second-order valence-electron chi connectivity index (χ2n) is 5.82. The monoisotopic (exact) mass is 329 g/mol. The van der Waals surface area contributed by atoms with Crippen molar-refractivity contribution in [3.8, 4) is 11.5 Å². The summed E-state index contributed by atoms with van der Waals surface area (Å²) in [6.07, 6.45) is 3.54. The van der Waals surface area contributed by atoms with Gasteiger partial charge in [0, 0.05) is 38.7 Å². The molecule has 0 saturated carbocycles. The van der Waals surface area contributed by atoms with Crippen LogP contribution in [-0.2, 0) is 6.54 Å². The molecule has 1 aromatic carbocycles. The standard InChI is InChI=1S/C18H23N3O3/c1-3-21-13-10-15(19-21)18(22)20-11-8-14(9-12-20)24-17-7-5-4-6-16(17)23-2/h4-7,10,13-14H,3,8-9,11-12H2,1-2H3. The second-order valence-corrected chi connectivity index (χ2v) is 5.82. The van der Waals surface area contributed by atoms with E-state index >= 15 is 0 Å². The Morgan fingerprint density at radius 1 is 1.21 bits per heavy atom. The molecule has 0 unspecified atom stereocenters. The zero-order valence-electron chi connectivity index (χ0n) is 14.1. The molecular formula is C18H23N3O3. The van der Waals surface area contributed by atoms with Gasteiger partial charge in [-0.1, -0.05) is 12.1 Å². The molecule has 1 aromatic heterocycles. The lowest BCUT2D eigenvalue weighted by atomic mass is 10.1. The fraction of sp³-hybridized carbons (Fsp3) is 0.444. The van der Waals surface area contributed by atoms with Crippen molar-refractivity contribution in [3.05, 3.63) is 42.2 Å². The van der Waals surface area contributed by atoms with E-state index in [1.165, 1.54) is 0 Å². The van der Waals surface area contributed by atoms with Crippen LogP contribution in [0.25, 0.3) is 0 Å². The highest BCUT2D eigenvalue weighted by molar-refractivity contribution is 5.92. The first-order chi connectivity index (χ1) is 11.7. The fourth-order valence-corrected chi connectivity index (χ4v) is 2.89. The molecule has 1 aliphatic rings. The van der Waals surface area contributed by atoms with Crippen molar-refractivity contribution in [2.45, 2.75) is 32.4 Å². The number of aryl methyl sites for hydroxylation is 1. The number of likely N-dealkylation sites (tertiary alicyclic amines) is 1. The first-order valence-corrected chi connectivity index (χ1v) is 8.33. The predicted molar refractivity (Wildman–Crippen MR) is 90.4 cm³/mol. The average molecular weight is 329 g/mol. The van der Waals surface area contributed by atoms with E-state index in [1.54, 1.807) is 17.9 Å². The van der Waals surface area contributed by atoms with Gasteiger partial charge in [0.25, 0.3) is 5.91 Å². The zero-order valence-corrected chi connectivity index (χ0v) is 14.1. The van der Waals surface area contributed by atoms with Crippen LogP contribution >= 0.6 is 0 Å². The Bertz CT molecular complexity index is 690. The highest BCUT2D eigenvalue weighted by Crippen LogP contribution is 2.29. The third kappa shape index (κ3) is 3.53. The summed E-state index contributed by atoms with van der Waals surface area (Å²) in [5.74, 6) is 1.49. The van der Waals surface area contributed by atoms with E-state index in [0.29, 0.717) is 18.8 Å². The first-order valence-electron chi connectivity index (χ1n) is 8.33. The van der Waals surface area contributed by atoms with Crippen LogP contribution in [0.5, 0.6) is 11.5 Å². The van der Waals surface area contributed by atoms with Crippen LogP contribution in [0.15, 0.2) is 36.5 Å². The van der Waals surface area contributed by atoms with Crippen LogP contribution in [0.1, 0.15) is 30.3 Å². The summed E-state index contributed by atoms with van der Waals surface area (Å²) in [6, 6.07) is 9.43. The number of rotatable bonds is 5. The molecule has 0 aliphatic carbocycles. The molecule has 3 rings (SSSR count). The number of hydrogen-bond acceptors (Lipinski definition) is 4. The maximum atomic E-state index is 12.5. The van der Waals surface area contributed by atoms with Crippen molar-refractivity contribution in [1.29, 1.82) is 0 Å². The predicted octanol–water partition coefficient (Wildman–Crippen LogP) is 2.60. The number of hydrogen-bond donors (Lipinski definition) is 0. The fourth-order valence-electron chi connectivity index (χ4n) is 2.89. The van der Waals surface area contributed by atoms with Crippen LogP contribution in [0.3, 0.4) is 0 Å². The highest BCUT2D eigenvalue weighted by atomic mass is 16.5. The summed E-state index contributed by atoms with van der Waals surface area (Å²) in [5, 5.41) is 4.29. The number of para-hydroxylation sites is 2. The molecule has 1 fully saturated rings. The molecule has 2 heterocycles. The van der Waals surface area contributed by atoms with Gasteiger partial charge in [-0.25, -0.2) is 0 Å². The third-order valence-electron chi connectivity index (χ3n) is 4.28. The summed E-state index contributed by atoms with van der Waals surface area (Å²) in [4.78, 5) is 14.3. The van der Waals surface area contributed by atoms with E-state index in [1.807, 2.05) is 42.3 Å². The number of benzene rings is 1. The summed E-state index contributed by atoms with van der Waals surface area (Å²) in [7, 11) is 1.64. The Hall–Kier alpha value is -2.50. The number of amides is 1. The number of nitrogens with zero attached hydrogens (tertiary/aromatic N) is 3. The van der Waals surface area contributed by atoms with Crippen LogP contribution in [0.2, 0.25) is 0 Å². The molecule has 6 heteroatoms. The van der Waals surface area contributed by atoms with Crippen LogP contribution in [-0.4, -0.2) is 46.9 Å². The zero-order chi connectivity index (χ0) is 16.9. The number of carbonyl (C=O) groups excluding carboxylic acids is 1. The minimum atomic E-state index is -0.00191. The molecule has 0 spiro atoms. The quantitative estimate of drug-likeness (QED) is 0.846. The van der Waals surface area contributed by atoms with Crippen molar-refractivity contribution in [2.24, 2.45) is 0 Å². The first kappa shape index (κ1) is 16.4. The molecule has 1 saturated heterocycles. The minimum Gasteiger partial charge on any atom is -0.493 e. The van der Waals surface area contributed by atoms with E-state index in [4.69, 9.17) is 9.47 Å². The second kappa shape index (κ2) is 7.38. The SMILES string of the molecule is CCn1ccc(C(=O)N2CCC(Oc3ccccc3OC)CC2)n1. The largest absolute Gasteiger partial charge is 0.493 e. The lowest BCUT2D eigenvalue weighted by Gasteiger charge is -2.32. The van der Waals surface area contributed by atoms with Gasteiger partial charge in [-0.05, 0) is 25.1 Å². The Labute approximate surface area is 142 Å². The van der Waals surface area contributed by atoms with Gasteiger partial charge in [-0.15, -0.1) is 0 Å². The molecule has 24 heavy (non-hydrogen) atoms. The van der Waals surface area contributed by atoms with Crippen molar-refractivity contribution in [3.63, 3.8) is 0 Å².